The van der Waals surface area contributed by atoms with Gasteiger partial charge in [0, 0.05) is 50.3 Å². The highest BCUT2D eigenvalue weighted by Gasteiger charge is 2.33. The molecule has 1 aromatic carbocycles. The zero-order chi connectivity index (χ0) is 17.1. The summed E-state index contributed by atoms with van der Waals surface area (Å²) < 4.78 is 5.88. The molecule has 1 aromatic rings. The first kappa shape index (κ1) is 20.3. The van der Waals surface area contributed by atoms with E-state index in [9.17, 15) is 4.79 Å². The Morgan fingerprint density at radius 1 is 1.32 bits per heavy atom. The molecule has 1 amide bonds. The number of benzene rings is 1. The number of amides is 1. The van der Waals surface area contributed by atoms with Crippen molar-refractivity contribution in [2.45, 2.75) is 32.4 Å². The van der Waals surface area contributed by atoms with Crippen LogP contribution in [0.3, 0.4) is 0 Å². The maximum Gasteiger partial charge on any atom is 0.263 e. The molecule has 0 aliphatic carbocycles. The Hall–Kier alpha value is -1.01. The lowest BCUT2D eigenvalue weighted by molar-refractivity contribution is -0.137. The van der Waals surface area contributed by atoms with E-state index >= 15 is 0 Å². The van der Waals surface area contributed by atoms with Gasteiger partial charge < -0.3 is 15.0 Å². The van der Waals surface area contributed by atoms with Crippen molar-refractivity contribution < 1.29 is 9.53 Å². The number of ether oxygens (including phenoxy) is 1. The van der Waals surface area contributed by atoms with E-state index in [0.29, 0.717) is 11.1 Å². The fourth-order valence-electron chi connectivity index (χ4n) is 3.53. The Kier molecular flexibility index (Phi) is 7.37. The second-order valence-electron chi connectivity index (χ2n) is 6.68. The Balaban J connectivity index is 0.00000225. The number of likely N-dealkylation sites (tertiary alicyclic amines) is 1. The number of carbonyl (C=O) groups excluding carboxylic acids is 1. The quantitative estimate of drug-likeness (QED) is 0.860. The Morgan fingerprint density at radius 3 is 2.72 bits per heavy atom. The number of piperazine rings is 1. The number of carbonyl (C=O) groups is 1. The van der Waals surface area contributed by atoms with E-state index in [1.54, 1.807) is 6.07 Å². The maximum atomic E-state index is 12.7. The van der Waals surface area contributed by atoms with Crippen LogP contribution in [0.15, 0.2) is 18.2 Å². The highest BCUT2D eigenvalue weighted by Crippen LogP contribution is 2.24. The monoisotopic (exact) mass is 387 g/mol. The molecule has 5 nitrogen and oxygen atoms in total. The summed E-state index contributed by atoms with van der Waals surface area (Å²) in [6.45, 7) is 9.63. The number of nitrogens with one attached hydrogen (secondary N) is 1. The van der Waals surface area contributed by atoms with Crippen LogP contribution < -0.4 is 10.1 Å². The number of halogens is 2. The number of nitrogens with zero attached hydrogens (tertiary/aromatic N) is 2. The Morgan fingerprint density at radius 2 is 2.04 bits per heavy atom. The van der Waals surface area contributed by atoms with Gasteiger partial charge in [0.25, 0.3) is 5.91 Å². The standard InChI is InChI=1S/C18H26ClN3O2.ClH/c1-13-11-15(19)3-4-17(13)24-14(2)18(23)22-8-5-16(12-22)21-9-6-20-7-10-21;/h3-4,11,14,16,20H,5-10,12H2,1-2H3;1H. The smallest absolute Gasteiger partial charge is 0.263 e. The highest BCUT2D eigenvalue weighted by atomic mass is 35.5. The average molecular weight is 388 g/mol. The van der Waals surface area contributed by atoms with Crippen molar-refractivity contribution in [3.8, 4) is 5.75 Å². The van der Waals surface area contributed by atoms with Crippen molar-refractivity contribution in [2.75, 3.05) is 39.3 Å². The second kappa shape index (κ2) is 9.08. The molecule has 1 N–H and O–H groups in total. The Bertz CT molecular complexity index is 594. The molecular weight excluding hydrogens is 361 g/mol. The molecule has 2 unspecified atom stereocenters. The molecule has 0 spiro atoms. The van der Waals surface area contributed by atoms with Gasteiger partial charge >= 0.3 is 0 Å². The van der Waals surface area contributed by atoms with Gasteiger partial charge in [-0.1, -0.05) is 11.6 Å². The minimum atomic E-state index is -0.480. The number of hydrogen-bond acceptors (Lipinski definition) is 4. The first-order valence-corrected chi connectivity index (χ1v) is 9.09. The van der Waals surface area contributed by atoms with Crippen molar-refractivity contribution >= 4 is 29.9 Å². The van der Waals surface area contributed by atoms with E-state index in [1.165, 1.54) is 0 Å². The van der Waals surface area contributed by atoms with Crippen LogP contribution >= 0.6 is 24.0 Å². The van der Waals surface area contributed by atoms with Crippen LogP contribution in [0.2, 0.25) is 5.02 Å². The zero-order valence-electron chi connectivity index (χ0n) is 14.8. The summed E-state index contributed by atoms with van der Waals surface area (Å²) >= 11 is 5.97. The molecule has 2 aliphatic rings. The van der Waals surface area contributed by atoms with E-state index in [2.05, 4.69) is 10.2 Å². The lowest BCUT2D eigenvalue weighted by Gasteiger charge is -2.32. The van der Waals surface area contributed by atoms with Gasteiger partial charge in [0.15, 0.2) is 6.10 Å². The molecule has 25 heavy (non-hydrogen) atoms. The van der Waals surface area contributed by atoms with E-state index in [4.69, 9.17) is 16.3 Å². The largest absolute Gasteiger partial charge is 0.481 e. The van der Waals surface area contributed by atoms with Crippen LogP contribution in [0, 0.1) is 6.92 Å². The van der Waals surface area contributed by atoms with Gasteiger partial charge in [-0.25, -0.2) is 0 Å². The SMILES string of the molecule is Cc1cc(Cl)ccc1OC(C)C(=O)N1CCC(N2CCNCC2)C1.Cl. The van der Waals surface area contributed by atoms with Crippen molar-refractivity contribution in [1.82, 2.24) is 15.1 Å². The van der Waals surface area contributed by atoms with Crippen molar-refractivity contribution in [2.24, 2.45) is 0 Å². The van der Waals surface area contributed by atoms with Gasteiger partial charge in [-0.05, 0) is 44.0 Å². The lowest BCUT2D eigenvalue weighted by Crippen LogP contribution is -2.50. The minimum absolute atomic E-state index is 0. The van der Waals surface area contributed by atoms with E-state index in [1.807, 2.05) is 30.9 Å². The van der Waals surface area contributed by atoms with Crippen molar-refractivity contribution in [3.63, 3.8) is 0 Å². The molecule has 0 radical (unpaired) electrons. The van der Waals surface area contributed by atoms with Crippen LogP contribution in [0.1, 0.15) is 18.9 Å². The van der Waals surface area contributed by atoms with E-state index in [0.717, 1.165) is 57.0 Å². The summed E-state index contributed by atoms with van der Waals surface area (Å²) in [4.78, 5) is 17.1. The van der Waals surface area contributed by atoms with Gasteiger partial charge in [-0.15, -0.1) is 12.4 Å². The third-order valence-electron chi connectivity index (χ3n) is 4.93. The summed E-state index contributed by atoms with van der Waals surface area (Å²) in [6.07, 6.45) is 0.574. The van der Waals surface area contributed by atoms with E-state index in [-0.39, 0.29) is 18.3 Å². The molecule has 2 heterocycles. The molecule has 0 aromatic heterocycles. The lowest BCUT2D eigenvalue weighted by atomic mass is 10.2. The first-order valence-electron chi connectivity index (χ1n) is 8.71. The van der Waals surface area contributed by atoms with E-state index < -0.39 is 6.10 Å². The summed E-state index contributed by atoms with van der Waals surface area (Å²) in [5.74, 6) is 0.792. The van der Waals surface area contributed by atoms with Gasteiger partial charge in [0.05, 0.1) is 0 Å². The molecular formula is C18H27Cl2N3O2. The van der Waals surface area contributed by atoms with Crippen LogP contribution in [-0.2, 0) is 4.79 Å². The molecule has 2 atom stereocenters. The second-order valence-corrected chi connectivity index (χ2v) is 7.12. The van der Waals surface area contributed by atoms with Crippen LogP contribution in [0.5, 0.6) is 5.75 Å². The number of aryl methyl sites for hydroxylation is 1. The molecule has 0 bridgehead atoms. The predicted molar refractivity (Wildman–Crippen MR) is 103 cm³/mol. The summed E-state index contributed by atoms with van der Waals surface area (Å²) in [7, 11) is 0. The van der Waals surface area contributed by atoms with Gasteiger partial charge in [-0.3, -0.25) is 9.69 Å². The Labute approximate surface area is 161 Å². The third kappa shape index (κ3) is 5.00. The molecule has 0 saturated carbocycles. The molecule has 3 rings (SSSR count). The summed E-state index contributed by atoms with van der Waals surface area (Å²) in [5.41, 5.74) is 0.947. The summed E-state index contributed by atoms with van der Waals surface area (Å²) in [5, 5.41) is 4.05. The number of hydrogen-bond donors (Lipinski definition) is 1. The highest BCUT2D eigenvalue weighted by molar-refractivity contribution is 6.30. The van der Waals surface area contributed by atoms with Gasteiger partial charge in [-0.2, -0.15) is 0 Å². The minimum Gasteiger partial charge on any atom is -0.481 e. The average Bonchev–Trinajstić information content (AvgIpc) is 3.07. The zero-order valence-corrected chi connectivity index (χ0v) is 16.4. The predicted octanol–water partition coefficient (Wildman–Crippen LogP) is 2.34. The first-order chi connectivity index (χ1) is 11.5. The molecule has 2 saturated heterocycles. The molecule has 7 heteroatoms. The third-order valence-corrected chi connectivity index (χ3v) is 5.17. The van der Waals surface area contributed by atoms with Crippen LogP contribution in [0.25, 0.3) is 0 Å². The summed E-state index contributed by atoms with van der Waals surface area (Å²) in [6, 6.07) is 5.96. The van der Waals surface area contributed by atoms with Crippen molar-refractivity contribution in [3.05, 3.63) is 28.8 Å². The molecule has 2 aliphatic heterocycles. The fourth-order valence-corrected chi connectivity index (χ4v) is 3.76. The topological polar surface area (TPSA) is 44.8 Å². The fraction of sp³-hybridized carbons (Fsp3) is 0.611. The normalized spacial score (nSPS) is 22.4. The van der Waals surface area contributed by atoms with Gasteiger partial charge in [0.1, 0.15) is 5.75 Å². The van der Waals surface area contributed by atoms with Gasteiger partial charge in [0.2, 0.25) is 0 Å². The number of rotatable bonds is 4. The molecule has 140 valence electrons. The molecule has 2 fully saturated rings. The maximum absolute atomic E-state index is 12.7. The van der Waals surface area contributed by atoms with Crippen LogP contribution in [0.4, 0.5) is 0 Å². The van der Waals surface area contributed by atoms with Crippen LogP contribution in [-0.4, -0.2) is 67.1 Å². The van der Waals surface area contributed by atoms with Crippen molar-refractivity contribution in [1.29, 1.82) is 0 Å².